The molecule has 2 rings (SSSR count). The lowest BCUT2D eigenvalue weighted by atomic mass is 10.0. The van der Waals surface area contributed by atoms with Crippen molar-refractivity contribution >= 4 is 46.4 Å². The number of nitrogens with one attached hydrogen (secondary N) is 1. The molecule has 2 amide bonds. The number of nitrogens with zero attached hydrogens (tertiary/aromatic N) is 1. The van der Waals surface area contributed by atoms with E-state index < -0.39 is 0 Å². The lowest BCUT2D eigenvalue weighted by Gasteiger charge is -2.25. The van der Waals surface area contributed by atoms with Gasteiger partial charge in [0, 0.05) is 22.7 Å². The van der Waals surface area contributed by atoms with Crippen molar-refractivity contribution < 1.29 is 9.59 Å². The molecule has 132 valence electrons. The van der Waals surface area contributed by atoms with E-state index in [0.717, 1.165) is 22.4 Å². The van der Waals surface area contributed by atoms with Crippen LogP contribution in [0.15, 0.2) is 30.3 Å². The van der Waals surface area contributed by atoms with Crippen LogP contribution in [0.4, 0.5) is 11.4 Å². The van der Waals surface area contributed by atoms with E-state index in [0.29, 0.717) is 15.7 Å². The fourth-order valence-electron chi connectivity index (χ4n) is 2.92. The van der Waals surface area contributed by atoms with Crippen molar-refractivity contribution in [3.8, 4) is 0 Å². The monoisotopic (exact) mass is 378 g/mol. The number of aryl methyl sites for hydroxylation is 3. The van der Waals surface area contributed by atoms with Gasteiger partial charge >= 0.3 is 0 Å². The van der Waals surface area contributed by atoms with Crippen molar-refractivity contribution in [1.29, 1.82) is 0 Å². The first-order valence-electron chi connectivity index (χ1n) is 7.79. The molecule has 25 heavy (non-hydrogen) atoms. The first-order valence-corrected chi connectivity index (χ1v) is 8.55. The molecule has 0 heterocycles. The van der Waals surface area contributed by atoms with Gasteiger partial charge in [0.1, 0.15) is 6.54 Å². The van der Waals surface area contributed by atoms with Gasteiger partial charge in [-0.05, 0) is 50.1 Å². The zero-order valence-electron chi connectivity index (χ0n) is 14.6. The summed E-state index contributed by atoms with van der Waals surface area (Å²) in [5, 5.41) is 3.58. The van der Waals surface area contributed by atoms with Gasteiger partial charge in [0.2, 0.25) is 11.8 Å². The minimum Gasteiger partial charge on any atom is -0.324 e. The predicted molar refractivity (Wildman–Crippen MR) is 104 cm³/mol. The minimum atomic E-state index is -0.326. The molecule has 2 aromatic rings. The summed E-state index contributed by atoms with van der Waals surface area (Å²) < 4.78 is 0. The van der Waals surface area contributed by atoms with E-state index in [1.807, 2.05) is 32.9 Å². The summed E-state index contributed by atoms with van der Waals surface area (Å²) >= 11 is 11.9. The summed E-state index contributed by atoms with van der Waals surface area (Å²) in [4.78, 5) is 26.0. The number of carbonyl (C=O) groups excluding carboxylic acids is 2. The van der Waals surface area contributed by atoms with Crippen molar-refractivity contribution in [3.05, 3.63) is 57.1 Å². The first kappa shape index (κ1) is 19.3. The van der Waals surface area contributed by atoms with Gasteiger partial charge in [0.15, 0.2) is 0 Å². The van der Waals surface area contributed by atoms with Gasteiger partial charge in [0.05, 0.1) is 5.69 Å². The van der Waals surface area contributed by atoms with E-state index >= 15 is 0 Å². The largest absolute Gasteiger partial charge is 0.324 e. The van der Waals surface area contributed by atoms with Gasteiger partial charge in [-0.3, -0.25) is 9.59 Å². The maximum absolute atomic E-state index is 12.4. The van der Waals surface area contributed by atoms with Crippen molar-refractivity contribution in [2.75, 3.05) is 16.8 Å². The quantitative estimate of drug-likeness (QED) is 0.821. The number of hydrogen-bond donors (Lipinski definition) is 1. The number of carbonyl (C=O) groups is 2. The normalized spacial score (nSPS) is 10.5. The molecule has 0 aliphatic rings. The van der Waals surface area contributed by atoms with Crippen LogP contribution in [-0.4, -0.2) is 18.4 Å². The van der Waals surface area contributed by atoms with E-state index in [4.69, 9.17) is 23.2 Å². The molecule has 2 aromatic carbocycles. The Labute approximate surface area is 157 Å². The molecule has 4 nitrogen and oxygen atoms in total. The number of amides is 2. The summed E-state index contributed by atoms with van der Waals surface area (Å²) in [6, 6.07) is 8.77. The van der Waals surface area contributed by atoms with Crippen LogP contribution in [0.25, 0.3) is 0 Å². The molecule has 0 aliphatic heterocycles. The Bertz CT molecular complexity index is 791. The number of benzene rings is 2. The SMILES string of the molecule is CC(=O)N(CC(=O)Nc1cc(Cl)cc(Cl)c1)c1c(C)cc(C)cc1C. The highest BCUT2D eigenvalue weighted by Crippen LogP contribution is 2.27. The Kier molecular flexibility index (Phi) is 6.09. The van der Waals surface area contributed by atoms with Crippen LogP contribution < -0.4 is 10.2 Å². The van der Waals surface area contributed by atoms with Crippen molar-refractivity contribution in [2.45, 2.75) is 27.7 Å². The third-order valence-electron chi connectivity index (χ3n) is 3.73. The lowest BCUT2D eigenvalue weighted by Crippen LogP contribution is -2.37. The molecule has 0 aromatic heterocycles. The fourth-order valence-corrected chi connectivity index (χ4v) is 3.44. The van der Waals surface area contributed by atoms with E-state index in [1.54, 1.807) is 18.2 Å². The van der Waals surface area contributed by atoms with Gasteiger partial charge in [-0.25, -0.2) is 0 Å². The predicted octanol–water partition coefficient (Wildman–Crippen LogP) is 4.91. The van der Waals surface area contributed by atoms with Crippen LogP contribution in [0.5, 0.6) is 0 Å². The Morgan fingerprint density at radius 2 is 1.48 bits per heavy atom. The van der Waals surface area contributed by atoms with Crippen LogP contribution in [-0.2, 0) is 9.59 Å². The Morgan fingerprint density at radius 1 is 0.960 bits per heavy atom. The molecule has 0 spiro atoms. The van der Waals surface area contributed by atoms with Gasteiger partial charge in [-0.15, -0.1) is 0 Å². The Balaban J connectivity index is 2.25. The van der Waals surface area contributed by atoms with E-state index in [9.17, 15) is 9.59 Å². The molecule has 0 radical (unpaired) electrons. The first-order chi connectivity index (χ1) is 11.7. The van der Waals surface area contributed by atoms with Crippen LogP contribution in [0, 0.1) is 20.8 Å². The summed E-state index contributed by atoms with van der Waals surface area (Å²) in [7, 11) is 0. The summed E-state index contributed by atoms with van der Waals surface area (Å²) in [5.74, 6) is -0.526. The molecular weight excluding hydrogens is 359 g/mol. The lowest BCUT2D eigenvalue weighted by molar-refractivity contribution is -0.120. The molecule has 0 bridgehead atoms. The van der Waals surface area contributed by atoms with Gasteiger partial charge in [-0.2, -0.15) is 0 Å². The minimum absolute atomic E-state index is 0.0930. The van der Waals surface area contributed by atoms with E-state index in [1.165, 1.54) is 11.8 Å². The third kappa shape index (κ3) is 4.97. The van der Waals surface area contributed by atoms with Crippen molar-refractivity contribution in [3.63, 3.8) is 0 Å². The van der Waals surface area contributed by atoms with Crippen molar-refractivity contribution in [2.24, 2.45) is 0 Å². The molecule has 0 atom stereocenters. The number of rotatable bonds is 4. The summed E-state index contributed by atoms with van der Waals surface area (Å²) in [6.07, 6.45) is 0. The standard InChI is InChI=1S/C19H20Cl2N2O2/c1-11-5-12(2)19(13(3)6-11)23(14(4)24)10-18(25)22-17-8-15(20)7-16(21)9-17/h5-9H,10H2,1-4H3,(H,22,25). The Hall–Kier alpha value is -2.04. The van der Waals surface area contributed by atoms with Crippen LogP contribution in [0.3, 0.4) is 0 Å². The summed E-state index contributed by atoms with van der Waals surface area (Å²) in [6.45, 7) is 7.21. The second kappa shape index (κ2) is 7.89. The van der Waals surface area contributed by atoms with Gasteiger partial charge in [0.25, 0.3) is 0 Å². The number of anilines is 2. The number of halogens is 2. The molecule has 6 heteroatoms. The second-order valence-corrected chi connectivity index (χ2v) is 6.93. The second-order valence-electron chi connectivity index (χ2n) is 6.06. The average molecular weight is 379 g/mol. The highest BCUT2D eigenvalue weighted by Gasteiger charge is 2.20. The molecular formula is C19H20Cl2N2O2. The average Bonchev–Trinajstić information content (AvgIpc) is 2.43. The maximum Gasteiger partial charge on any atom is 0.244 e. The topological polar surface area (TPSA) is 49.4 Å². The maximum atomic E-state index is 12.4. The molecule has 0 aliphatic carbocycles. The van der Waals surface area contributed by atoms with E-state index in [-0.39, 0.29) is 18.4 Å². The highest BCUT2D eigenvalue weighted by molar-refractivity contribution is 6.35. The highest BCUT2D eigenvalue weighted by atomic mass is 35.5. The van der Waals surface area contributed by atoms with Crippen LogP contribution in [0.2, 0.25) is 10.0 Å². The molecule has 0 saturated heterocycles. The van der Waals surface area contributed by atoms with Crippen molar-refractivity contribution in [1.82, 2.24) is 0 Å². The van der Waals surface area contributed by atoms with Gasteiger partial charge in [-0.1, -0.05) is 40.9 Å². The Morgan fingerprint density at radius 3 is 1.96 bits per heavy atom. The van der Waals surface area contributed by atoms with Crippen LogP contribution >= 0.6 is 23.2 Å². The summed E-state index contributed by atoms with van der Waals surface area (Å²) in [5.41, 5.74) is 4.26. The molecule has 0 saturated carbocycles. The van der Waals surface area contributed by atoms with Gasteiger partial charge < -0.3 is 10.2 Å². The molecule has 0 unspecified atom stereocenters. The molecule has 0 fully saturated rings. The zero-order chi connectivity index (χ0) is 18.7. The number of hydrogen-bond acceptors (Lipinski definition) is 2. The zero-order valence-corrected chi connectivity index (χ0v) is 16.1. The third-order valence-corrected chi connectivity index (χ3v) is 4.17. The fraction of sp³-hybridized carbons (Fsp3) is 0.263. The smallest absolute Gasteiger partial charge is 0.244 e. The molecule has 1 N–H and O–H groups in total. The van der Waals surface area contributed by atoms with Crippen LogP contribution in [0.1, 0.15) is 23.6 Å². The van der Waals surface area contributed by atoms with E-state index in [2.05, 4.69) is 5.32 Å².